The van der Waals surface area contributed by atoms with Crippen LogP contribution in [-0.4, -0.2) is 36.5 Å². The molecule has 0 rings (SSSR count). The lowest BCUT2D eigenvalue weighted by molar-refractivity contribution is -0.147. The first-order valence-electron chi connectivity index (χ1n) is 7.52. The van der Waals surface area contributed by atoms with Crippen molar-refractivity contribution in [2.24, 2.45) is 5.92 Å². The van der Waals surface area contributed by atoms with E-state index in [9.17, 15) is 14.4 Å². The van der Waals surface area contributed by atoms with Crippen LogP contribution < -0.4 is 10.6 Å². The van der Waals surface area contributed by atoms with Crippen LogP contribution in [0.5, 0.6) is 0 Å². The summed E-state index contributed by atoms with van der Waals surface area (Å²) in [5.41, 5.74) is 0. The number of unbranched alkanes of at least 4 members (excludes halogenated alkanes) is 1. The Morgan fingerprint density at radius 1 is 1.10 bits per heavy atom. The monoisotopic (exact) mass is 300 g/mol. The number of rotatable bonds is 9. The topological polar surface area (TPSA) is 84.5 Å². The van der Waals surface area contributed by atoms with E-state index in [1.807, 2.05) is 20.8 Å². The highest BCUT2D eigenvalue weighted by atomic mass is 16.5. The fourth-order valence-corrected chi connectivity index (χ4v) is 1.76. The lowest BCUT2D eigenvalue weighted by Crippen LogP contribution is -2.51. The van der Waals surface area contributed by atoms with Crippen molar-refractivity contribution in [2.75, 3.05) is 6.61 Å². The number of ether oxygens (including phenoxy) is 1. The van der Waals surface area contributed by atoms with Gasteiger partial charge in [0.1, 0.15) is 12.1 Å². The van der Waals surface area contributed by atoms with Crippen LogP contribution in [0.15, 0.2) is 0 Å². The smallest absolute Gasteiger partial charge is 0.328 e. The summed E-state index contributed by atoms with van der Waals surface area (Å²) in [6.07, 6.45) is 2.25. The largest absolute Gasteiger partial charge is 0.464 e. The molecule has 0 heterocycles. The molecule has 21 heavy (non-hydrogen) atoms. The van der Waals surface area contributed by atoms with Crippen molar-refractivity contribution in [2.45, 2.75) is 66.0 Å². The van der Waals surface area contributed by atoms with Crippen molar-refractivity contribution in [3.8, 4) is 0 Å². The Morgan fingerprint density at radius 2 is 1.71 bits per heavy atom. The third-order valence-electron chi connectivity index (χ3n) is 2.86. The second kappa shape index (κ2) is 10.2. The molecule has 0 saturated heterocycles. The van der Waals surface area contributed by atoms with Crippen molar-refractivity contribution >= 4 is 17.8 Å². The van der Waals surface area contributed by atoms with Crippen LogP contribution in [0.4, 0.5) is 0 Å². The molecular formula is C15H28N2O4. The molecule has 6 heteroatoms. The van der Waals surface area contributed by atoms with Crippen molar-refractivity contribution in [1.82, 2.24) is 10.6 Å². The summed E-state index contributed by atoms with van der Waals surface area (Å²) < 4.78 is 5.05. The third-order valence-corrected chi connectivity index (χ3v) is 2.86. The maximum Gasteiger partial charge on any atom is 0.328 e. The van der Waals surface area contributed by atoms with Gasteiger partial charge in [0.25, 0.3) is 0 Å². The average molecular weight is 300 g/mol. The van der Waals surface area contributed by atoms with Crippen molar-refractivity contribution in [1.29, 1.82) is 0 Å². The van der Waals surface area contributed by atoms with E-state index in [4.69, 9.17) is 4.74 Å². The van der Waals surface area contributed by atoms with Crippen LogP contribution in [0.25, 0.3) is 0 Å². The second-order valence-corrected chi connectivity index (χ2v) is 5.63. The Bertz CT molecular complexity index is 356. The van der Waals surface area contributed by atoms with E-state index in [0.717, 1.165) is 12.8 Å². The van der Waals surface area contributed by atoms with Gasteiger partial charge in [-0.3, -0.25) is 9.59 Å². The van der Waals surface area contributed by atoms with E-state index in [1.165, 1.54) is 6.92 Å². The van der Waals surface area contributed by atoms with Crippen LogP contribution in [0.3, 0.4) is 0 Å². The van der Waals surface area contributed by atoms with E-state index in [1.54, 1.807) is 6.92 Å². The number of carbonyl (C=O) groups is 3. The molecule has 2 amide bonds. The number of nitrogens with one attached hydrogen (secondary N) is 2. The zero-order valence-corrected chi connectivity index (χ0v) is 13.7. The Labute approximate surface area is 127 Å². The zero-order chi connectivity index (χ0) is 16.4. The number of hydrogen-bond donors (Lipinski definition) is 2. The molecule has 0 fully saturated rings. The Balaban J connectivity index is 4.44. The summed E-state index contributed by atoms with van der Waals surface area (Å²) in [7, 11) is 0. The Morgan fingerprint density at radius 3 is 2.19 bits per heavy atom. The van der Waals surface area contributed by atoms with Gasteiger partial charge in [-0.05, 0) is 25.7 Å². The molecule has 0 unspecified atom stereocenters. The van der Waals surface area contributed by atoms with Gasteiger partial charge in [0.05, 0.1) is 6.61 Å². The van der Waals surface area contributed by atoms with Gasteiger partial charge in [0, 0.05) is 6.92 Å². The molecule has 122 valence electrons. The fraction of sp³-hybridized carbons (Fsp3) is 0.800. The van der Waals surface area contributed by atoms with Gasteiger partial charge in [0.15, 0.2) is 0 Å². The molecule has 6 nitrogen and oxygen atoms in total. The number of carbonyl (C=O) groups excluding carboxylic acids is 3. The highest BCUT2D eigenvalue weighted by Crippen LogP contribution is 2.05. The molecule has 0 aliphatic heterocycles. The van der Waals surface area contributed by atoms with Gasteiger partial charge in [-0.15, -0.1) is 0 Å². The number of esters is 1. The molecule has 0 aliphatic rings. The second-order valence-electron chi connectivity index (χ2n) is 5.63. The maximum atomic E-state index is 12.1. The van der Waals surface area contributed by atoms with E-state index >= 15 is 0 Å². The molecule has 0 aromatic rings. The van der Waals surface area contributed by atoms with Gasteiger partial charge >= 0.3 is 5.97 Å². The van der Waals surface area contributed by atoms with E-state index in [2.05, 4.69) is 10.6 Å². The predicted octanol–water partition coefficient (Wildman–Crippen LogP) is 1.39. The molecule has 0 bridgehead atoms. The number of amides is 2. The zero-order valence-electron chi connectivity index (χ0n) is 13.7. The van der Waals surface area contributed by atoms with E-state index in [-0.39, 0.29) is 17.7 Å². The van der Waals surface area contributed by atoms with Gasteiger partial charge < -0.3 is 15.4 Å². The van der Waals surface area contributed by atoms with Gasteiger partial charge in [-0.25, -0.2) is 4.79 Å². The molecule has 0 radical (unpaired) electrons. The van der Waals surface area contributed by atoms with Crippen molar-refractivity contribution < 1.29 is 19.1 Å². The highest BCUT2D eigenvalue weighted by Gasteiger charge is 2.24. The van der Waals surface area contributed by atoms with Crippen LogP contribution in [0.1, 0.15) is 53.9 Å². The first-order valence-corrected chi connectivity index (χ1v) is 7.52. The SMILES string of the molecule is CCCCOC(=O)[C@H](C)NC(=O)[C@H](CC(C)C)NC(C)=O. The van der Waals surface area contributed by atoms with Crippen molar-refractivity contribution in [3.05, 3.63) is 0 Å². The van der Waals surface area contributed by atoms with Gasteiger partial charge in [-0.1, -0.05) is 27.2 Å². The molecule has 2 atom stereocenters. The molecule has 0 aromatic heterocycles. The van der Waals surface area contributed by atoms with Gasteiger partial charge in [0.2, 0.25) is 11.8 Å². The summed E-state index contributed by atoms with van der Waals surface area (Å²) >= 11 is 0. The third kappa shape index (κ3) is 9.05. The first kappa shape index (κ1) is 19.4. The van der Waals surface area contributed by atoms with E-state index in [0.29, 0.717) is 13.0 Å². The lowest BCUT2D eigenvalue weighted by Gasteiger charge is -2.21. The standard InChI is InChI=1S/C15H28N2O4/c1-6-7-8-21-15(20)11(4)16-14(19)13(9-10(2)3)17-12(5)18/h10-11,13H,6-9H2,1-5H3,(H,16,19)(H,17,18)/t11-,13-/m0/s1. The van der Waals surface area contributed by atoms with Crippen LogP contribution in [0, 0.1) is 5.92 Å². The minimum Gasteiger partial charge on any atom is -0.464 e. The van der Waals surface area contributed by atoms with E-state index < -0.39 is 18.1 Å². The van der Waals surface area contributed by atoms with Gasteiger partial charge in [-0.2, -0.15) is 0 Å². The Kier molecular flexibility index (Phi) is 9.41. The Hall–Kier alpha value is -1.59. The first-order chi connectivity index (χ1) is 9.77. The average Bonchev–Trinajstić information content (AvgIpc) is 2.36. The molecule has 0 aromatic carbocycles. The normalized spacial score (nSPS) is 13.4. The molecule has 2 N–H and O–H groups in total. The lowest BCUT2D eigenvalue weighted by atomic mass is 10.0. The summed E-state index contributed by atoms with van der Waals surface area (Å²) in [6, 6.07) is -1.36. The highest BCUT2D eigenvalue weighted by molar-refractivity contribution is 5.90. The summed E-state index contributed by atoms with van der Waals surface area (Å²) in [4.78, 5) is 35.0. The molecule has 0 aliphatic carbocycles. The number of hydrogen-bond acceptors (Lipinski definition) is 4. The van der Waals surface area contributed by atoms with Crippen molar-refractivity contribution in [3.63, 3.8) is 0 Å². The van der Waals surface area contributed by atoms with Crippen LogP contribution >= 0.6 is 0 Å². The van der Waals surface area contributed by atoms with Crippen LogP contribution in [-0.2, 0) is 19.1 Å². The fourth-order valence-electron chi connectivity index (χ4n) is 1.76. The minimum absolute atomic E-state index is 0.249. The molecule has 0 saturated carbocycles. The summed E-state index contributed by atoms with van der Waals surface area (Å²) in [5, 5.41) is 5.19. The maximum absolute atomic E-state index is 12.1. The summed E-state index contributed by atoms with van der Waals surface area (Å²) in [5.74, 6) is -0.838. The minimum atomic E-state index is -0.724. The quantitative estimate of drug-likeness (QED) is 0.498. The summed E-state index contributed by atoms with van der Waals surface area (Å²) in [6.45, 7) is 9.23. The van der Waals surface area contributed by atoms with Crippen LogP contribution in [0.2, 0.25) is 0 Å². The molecular weight excluding hydrogens is 272 g/mol. The predicted molar refractivity (Wildman–Crippen MR) is 80.5 cm³/mol. The molecule has 0 spiro atoms.